The molecule has 9 nitrogen and oxygen atoms in total. The Labute approximate surface area is 168 Å². The SMILES string of the molecule is CCOC(=O)C(C(=O)OCC)(c1ccccc1OC)C1C(=O)OC(C)(C)OC1=O. The number of benzene rings is 1. The van der Waals surface area contributed by atoms with Crippen LogP contribution in [0.2, 0.25) is 0 Å². The van der Waals surface area contributed by atoms with Gasteiger partial charge in [0, 0.05) is 19.4 Å². The summed E-state index contributed by atoms with van der Waals surface area (Å²) in [4.78, 5) is 52.2. The fraction of sp³-hybridized carbons (Fsp3) is 0.500. The van der Waals surface area contributed by atoms with Crippen molar-refractivity contribution >= 4 is 23.9 Å². The Morgan fingerprint density at radius 2 is 1.48 bits per heavy atom. The predicted octanol–water partition coefficient (Wildman–Crippen LogP) is 1.51. The first-order valence-electron chi connectivity index (χ1n) is 9.09. The monoisotopic (exact) mass is 408 g/mol. The maximum Gasteiger partial charge on any atom is 0.329 e. The van der Waals surface area contributed by atoms with Gasteiger partial charge in [0.15, 0.2) is 5.92 Å². The summed E-state index contributed by atoms with van der Waals surface area (Å²) in [6, 6.07) is 5.98. The quantitative estimate of drug-likeness (QED) is 0.376. The summed E-state index contributed by atoms with van der Waals surface area (Å²) in [5, 5.41) is 0. The molecule has 0 aliphatic carbocycles. The number of carbonyl (C=O) groups is 4. The second-order valence-electron chi connectivity index (χ2n) is 6.62. The predicted molar refractivity (Wildman–Crippen MR) is 97.7 cm³/mol. The van der Waals surface area contributed by atoms with E-state index in [0.717, 1.165) is 0 Å². The van der Waals surface area contributed by atoms with Crippen molar-refractivity contribution in [1.82, 2.24) is 0 Å². The standard InChI is InChI=1S/C20H24O9/c1-6-26-17(23)20(18(24)27-7-2,12-10-8-9-11-13(12)25-5)14-15(21)28-19(3,4)29-16(14)22/h8-11,14H,6-7H2,1-5H3. The zero-order chi connectivity index (χ0) is 21.8. The minimum Gasteiger partial charge on any atom is -0.496 e. The van der Waals surface area contributed by atoms with Crippen molar-refractivity contribution in [3.63, 3.8) is 0 Å². The van der Waals surface area contributed by atoms with Crippen LogP contribution in [0.15, 0.2) is 24.3 Å². The number of hydrogen-bond acceptors (Lipinski definition) is 9. The van der Waals surface area contributed by atoms with Gasteiger partial charge in [0.2, 0.25) is 5.41 Å². The second-order valence-corrected chi connectivity index (χ2v) is 6.62. The van der Waals surface area contributed by atoms with Crippen molar-refractivity contribution in [3.8, 4) is 5.75 Å². The normalized spacial score (nSPS) is 16.4. The average molecular weight is 408 g/mol. The highest BCUT2D eigenvalue weighted by molar-refractivity contribution is 6.16. The van der Waals surface area contributed by atoms with Crippen LogP contribution in [0.4, 0.5) is 0 Å². The van der Waals surface area contributed by atoms with Gasteiger partial charge in [0.05, 0.1) is 20.3 Å². The number of rotatable bonds is 7. The van der Waals surface area contributed by atoms with E-state index in [2.05, 4.69) is 0 Å². The molecule has 158 valence electrons. The van der Waals surface area contributed by atoms with Crippen molar-refractivity contribution in [3.05, 3.63) is 29.8 Å². The molecule has 9 heteroatoms. The molecule has 0 radical (unpaired) electrons. The molecule has 1 aromatic carbocycles. The molecule has 1 aromatic rings. The van der Waals surface area contributed by atoms with Crippen molar-refractivity contribution in [2.45, 2.75) is 38.9 Å². The molecule has 1 saturated heterocycles. The maximum atomic E-state index is 13.2. The minimum atomic E-state index is -2.51. The van der Waals surface area contributed by atoms with Crippen LogP contribution in [-0.4, -0.2) is 50.0 Å². The summed E-state index contributed by atoms with van der Waals surface area (Å²) >= 11 is 0. The van der Waals surface area contributed by atoms with E-state index in [1.54, 1.807) is 6.07 Å². The fourth-order valence-corrected chi connectivity index (χ4v) is 3.23. The number of para-hydroxylation sites is 1. The Morgan fingerprint density at radius 1 is 1.00 bits per heavy atom. The third kappa shape index (κ3) is 3.90. The molecule has 1 fully saturated rings. The summed E-state index contributed by atoms with van der Waals surface area (Å²) in [5.41, 5.74) is -2.58. The third-order valence-electron chi connectivity index (χ3n) is 4.32. The van der Waals surface area contributed by atoms with Gasteiger partial charge in [-0.3, -0.25) is 19.2 Å². The van der Waals surface area contributed by atoms with E-state index in [-0.39, 0.29) is 24.5 Å². The number of cyclic esters (lactones) is 2. The minimum absolute atomic E-state index is 0.0713. The number of ether oxygens (including phenoxy) is 5. The molecule has 0 atom stereocenters. The van der Waals surface area contributed by atoms with Crippen LogP contribution in [0.25, 0.3) is 0 Å². The molecule has 0 unspecified atom stereocenters. The summed E-state index contributed by atoms with van der Waals surface area (Å²) < 4.78 is 25.9. The Hall–Kier alpha value is -3.10. The number of methoxy groups -OCH3 is 1. The lowest BCUT2D eigenvalue weighted by molar-refractivity contribution is -0.245. The topological polar surface area (TPSA) is 114 Å². The van der Waals surface area contributed by atoms with Gasteiger partial charge in [-0.25, -0.2) is 0 Å². The lowest BCUT2D eigenvalue weighted by Gasteiger charge is -2.40. The Kier molecular flexibility index (Phi) is 6.51. The van der Waals surface area contributed by atoms with Gasteiger partial charge in [0.1, 0.15) is 5.75 Å². The molecule has 0 N–H and O–H groups in total. The van der Waals surface area contributed by atoms with Crippen molar-refractivity contribution < 1.29 is 42.9 Å². The summed E-state index contributed by atoms with van der Waals surface area (Å²) in [7, 11) is 1.32. The van der Waals surface area contributed by atoms with Crippen molar-refractivity contribution in [2.75, 3.05) is 20.3 Å². The first kappa shape index (κ1) is 22.2. The van der Waals surface area contributed by atoms with Gasteiger partial charge >= 0.3 is 23.9 Å². The van der Waals surface area contributed by atoms with Crippen LogP contribution < -0.4 is 4.74 Å². The molecular formula is C20H24O9. The van der Waals surface area contributed by atoms with Crippen molar-refractivity contribution in [2.24, 2.45) is 5.92 Å². The summed E-state index contributed by atoms with van der Waals surface area (Å²) in [6.07, 6.45) is 0. The molecule has 0 aromatic heterocycles. The Bertz CT molecular complexity index is 774. The van der Waals surface area contributed by atoms with Gasteiger partial charge in [-0.2, -0.15) is 0 Å². The number of hydrogen-bond donors (Lipinski definition) is 0. The molecular weight excluding hydrogens is 384 g/mol. The van der Waals surface area contributed by atoms with Crippen LogP contribution in [0.5, 0.6) is 5.75 Å². The summed E-state index contributed by atoms with van der Waals surface area (Å²) in [5.74, 6) is -7.98. The lowest BCUT2D eigenvalue weighted by Crippen LogP contribution is -2.61. The van der Waals surface area contributed by atoms with E-state index in [9.17, 15) is 19.2 Å². The van der Waals surface area contributed by atoms with Gasteiger partial charge in [0.25, 0.3) is 5.79 Å². The van der Waals surface area contributed by atoms with Crippen LogP contribution >= 0.6 is 0 Å². The van der Waals surface area contributed by atoms with Crippen LogP contribution in [0.1, 0.15) is 33.3 Å². The lowest BCUT2D eigenvalue weighted by atomic mass is 9.69. The Morgan fingerprint density at radius 3 is 1.93 bits per heavy atom. The first-order valence-corrected chi connectivity index (χ1v) is 9.09. The number of carbonyl (C=O) groups excluding carboxylic acids is 4. The van der Waals surface area contributed by atoms with E-state index in [1.165, 1.54) is 53.0 Å². The molecule has 0 saturated carbocycles. The van der Waals surface area contributed by atoms with Crippen LogP contribution in [0, 0.1) is 5.92 Å². The molecule has 0 amide bonds. The van der Waals surface area contributed by atoms with E-state index in [0.29, 0.717) is 0 Å². The number of esters is 4. The smallest absolute Gasteiger partial charge is 0.329 e. The highest BCUT2D eigenvalue weighted by atomic mass is 16.7. The molecule has 0 spiro atoms. The highest BCUT2D eigenvalue weighted by Crippen LogP contribution is 2.44. The Balaban J connectivity index is 2.85. The van der Waals surface area contributed by atoms with E-state index in [1.807, 2.05) is 0 Å². The van der Waals surface area contributed by atoms with Gasteiger partial charge < -0.3 is 23.7 Å². The first-order chi connectivity index (χ1) is 13.7. The maximum absolute atomic E-state index is 13.2. The molecule has 0 bridgehead atoms. The zero-order valence-electron chi connectivity index (χ0n) is 17.0. The third-order valence-corrected chi connectivity index (χ3v) is 4.32. The molecule has 2 rings (SSSR count). The summed E-state index contributed by atoms with van der Waals surface area (Å²) in [6.45, 7) is 5.54. The highest BCUT2D eigenvalue weighted by Gasteiger charge is 2.67. The molecule has 1 heterocycles. The second kappa shape index (κ2) is 8.50. The molecule has 1 aliphatic heterocycles. The van der Waals surface area contributed by atoms with Gasteiger partial charge in [-0.1, -0.05) is 18.2 Å². The van der Waals surface area contributed by atoms with E-state index >= 15 is 0 Å². The molecule has 1 aliphatic rings. The van der Waals surface area contributed by atoms with E-state index < -0.39 is 41.0 Å². The van der Waals surface area contributed by atoms with Crippen LogP contribution in [0.3, 0.4) is 0 Å². The zero-order valence-corrected chi connectivity index (χ0v) is 17.0. The van der Waals surface area contributed by atoms with Crippen molar-refractivity contribution in [1.29, 1.82) is 0 Å². The van der Waals surface area contributed by atoms with E-state index in [4.69, 9.17) is 23.7 Å². The van der Waals surface area contributed by atoms with Crippen LogP contribution in [-0.2, 0) is 43.5 Å². The fourth-order valence-electron chi connectivity index (χ4n) is 3.23. The van der Waals surface area contributed by atoms with Gasteiger partial charge in [-0.15, -0.1) is 0 Å². The van der Waals surface area contributed by atoms with Gasteiger partial charge in [-0.05, 0) is 19.9 Å². The average Bonchev–Trinajstić information content (AvgIpc) is 2.64. The molecule has 29 heavy (non-hydrogen) atoms. The largest absolute Gasteiger partial charge is 0.496 e.